The normalized spacial score (nSPS) is 10.8. The smallest absolute Gasteiger partial charge is 0.277 e. The molecular formula is C16H15ClN4O2S2. The van der Waals surface area contributed by atoms with Crippen molar-refractivity contribution in [3.05, 3.63) is 50.8 Å². The van der Waals surface area contributed by atoms with E-state index < -0.39 is 0 Å². The minimum absolute atomic E-state index is 0.162. The van der Waals surface area contributed by atoms with Gasteiger partial charge in [-0.3, -0.25) is 4.79 Å². The minimum Gasteiger partial charge on any atom is -0.416 e. The number of amides is 1. The largest absolute Gasteiger partial charge is 0.416 e. The first-order valence-electron chi connectivity index (χ1n) is 7.42. The number of thioether (sulfide) groups is 1. The van der Waals surface area contributed by atoms with E-state index in [1.165, 1.54) is 11.8 Å². The van der Waals surface area contributed by atoms with Gasteiger partial charge in [0.1, 0.15) is 0 Å². The Balaban J connectivity index is 1.53. The molecule has 1 aromatic carbocycles. The van der Waals surface area contributed by atoms with Gasteiger partial charge in [0, 0.05) is 16.1 Å². The van der Waals surface area contributed by atoms with Crippen LogP contribution < -0.4 is 5.32 Å². The van der Waals surface area contributed by atoms with Crippen LogP contribution in [0.25, 0.3) is 0 Å². The molecule has 1 N–H and O–H groups in total. The first-order valence-corrected chi connectivity index (χ1v) is 9.66. The number of thiazole rings is 1. The molecule has 0 aliphatic rings. The molecule has 0 bridgehead atoms. The van der Waals surface area contributed by atoms with E-state index in [1.807, 2.05) is 25.3 Å². The lowest BCUT2D eigenvalue weighted by Gasteiger charge is -2.08. The van der Waals surface area contributed by atoms with Gasteiger partial charge in [0.05, 0.1) is 22.9 Å². The van der Waals surface area contributed by atoms with Crippen molar-refractivity contribution in [2.24, 2.45) is 0 Å². The van der Waals surface area contributed by atoms with Gasteiger partial charge >= 0.3 is 0 Å². The number of rotatable bonds is 6. The lowest BCUT2D eigenvalue weighted by molar-refractivity contribution is -0.113. The number of nitrogens with one attached hydrogen (secondary N) is 1. The molecule has 0 unspecified atom stereocenters. The maximum atomic E-state index is 12.1. The second kappa shape index (κ2) is 7.99. The van der Waals surface area contributed by atoms with Crippen LogP contribution in [0.4, 0.5) is 5.69 Å². The number of halogens is 1. The van der Waals surface area contributed by atoms with E-state index in [-0.39, 0.29) is 11.7 Å². The van der Waals surface area contributed by atoms with E-state index in [4.69, 9.17) is 16.0 Å². The number of aromatic nitrogens is 3. The monoisotopic (exact) mass is 394 g/mol. The molecule has 2 heterocycles. The van der Waals surface area contributed by atoms with Crippen molar-refractivity contribution >= 4 is 46.3 Å². The summed E-state index contributed by atoms with van der Waals surface area (Å²) in [5.74, 6) is 0.493. The molecule has 0 radical (unpaired) electrons. The highest BCUT2D eigenvalue weighted by atomic mass is 35.5. The van der Waals surface area contributed by atoms with Gasteiger partial charge in [0.15, 0.2) is 0 Å². The van der Waals surface area contributed by atoms with Crippen molar-refractivity contribution in [1.82, 2.24) is 15.2 Å². The SMILES string of the molecule is Cc1nc(Cc2nnc(SCC(=O)Nc3cccc(Cl)c3C)o2)cs1. The molecule has 3 rings (SSSR count). The first-order chi connectivity index (χ1) is 12.0. The van der Waals surface area contributed by atoms with E-state index in [1.54, 1.807) is 23.5 Å². The third-order valence-corrected chi connectivity index (χ3v) is 5.37. The summed E-state index contributed by atoms with van der Waals surface area (Å²) in [6.07, 6.45) is 0.492. The summed E-state index contributed by atoms with van der Waals surface area (Å²) in [7, 11) is 0. The zero-order valence-corrected chi connectivity index (χ0v) is 16.0. The molecule has 1 amide bonds. The molecule has 0 atom stereocenters. The van der Waals surface area contributed by atoms with Crippen molar-refractivity contribution in [2.75, 3.05) is 11.1 Å². The lowest BCUT2D eigenvalue weighted by atomic mass is 10.2. The second-order valence-corrected chi connectivity index (χ2v) is 7.64. The van der Waals surface area contributed by atoms with Gasteiger partial charge in [-0.05, 0) is 31.5 Å². The predicted octanol–water partition coefficient (Wildman–Crippen LogP) is 4.12. The number of benzene rings is 1. The highest BCUT2D eigenvalue weighted by Gasteiger charge is 2.12. The van der Waals surface area contributed by atoms with Crippen LogP contribution in [0.15, 0.2) is 33.2 Å². The van der Waals surface area contributed by atoms with Crippen molar-refractivity contribution in [3.63, 3.8) is 0 Å². The fraction of sp³-hybridized carbons (Fsp3) is 0.250. The van der Waals surface area contributed by atoms with E-state index in [2.05, 4.69) is 20.5 Å². The predicted molar refractivity (Wildman–Crippen MR) is 99.5 cm³/mol. The van der Waals surface area contributed by atoms with E-state index in [0.717, 1.165) is 16.3 Å². The molecule has 0 aliphatic heterocycles. The Morgan fingerprint density at radius 3 is 2.96 bits per heavy atom. The number of hydrogen-bond donors (Lipinski definition) is 1. The zero-order chi connectivity index (χ0) is 17.8. The summed E-state index contributed by atoms with van der Waals surface area (Å²) in [5.41, 5.74) is 2.43. The number of anilines is 1. The van der Waals surface area contributed by atoms with E-state index >= 15 is 0 Å². The van der Waals surface area contributed by atoms with Crippen LogP contribution in [0.3, 0.4) is 0 Å². The van der Waals surface area contributed by atoms with Crippen LogP contribution in [-0.2, 0) is 11.2 Å². The van der Waals surface area contributed by atoms with Crippen molar-refractivity contribution in [2.45, 2.75) is 25.5 Å². The summed E-state index contributed by atoms with van der Waals surface area (Å²) in [4.78, 5) is 16.4. The van der Waals surface area contributed by atoms with Gasteiger partial charge in [-0.2, -0.15) is 0 Å². The Morgan fingerprint density at radius 1 is 1.36 bits per heavy atom. The molecule has 0 fully saturated rings. The zero-order valence-electron chi connectivity index (χ0n) is 13.6. The lowest BCUT2D eigenvalue weighted by Crippen LogP contribution is -2.14. The van der Waals surface area contributed by atoms with Crippen LogP contribution in [0.2, 0.25) is 5.02 Å². The van der Waals surface area contributed by atoms with Gasteiger partial charge in [-0.15, -0.1) is 21.5 Å². The molecule has 0 aliphatic carbocycles. The summed E-state index contributed by atoms with van der Waals surface area (Å²) >= 11 is 8.82. The van der Waals surface area contributed by atoms with Gasteiger partial charge in [0.2, 0.25) is 11.8 Å². The minimum atomic E-state index is -0.162. The van der Waals surface area contributed by atoms with Crippen LogP contribution in [0.1, 0.15) is 22.2 Å². The van der Waals surface area contributed by atoms with E-state index in [9.17, 15) is 4.79 Å². The summed E-state index contributed by atoms with van der Waals surface area (Å²) in [5, 5.41) is 14.7. The van der Waals surface area contributed by atoms with Crippen LogP contribution in [-0.4, -0.2) is 26.8 Å². The molecule has 130 valence electrons. The molecule has 6 nitrogen and oxygen atoms in total. The Bertz CT molecular complexity index is 894. The van der Waals surface area contributed by atoms with Crippen molar-refractivity contribution < 1.29 is 9.21 Å². The van der Waals surface area contributed by atoms with E-state index in [0.29, 0.717) is 28.2 Å². The molecule has 0 saturated heterocycles. The van der Waals surface area contributed by atoms with Crippen molar-refractivity contribution in [3.8, 4) is 0 Å². The summed E-state index contributed by atoms with van der Waals surface area (Å²) in [6.45, 7) is 3.80. The fourth-order valence-electron chi connectivity index (χ4n) is 2.07. The van der Waals surface area contributed by atoms with Crippen LogP contribution in [0.5, 0.6) is 0 Å². The maximum absolute atomic E-state index is 12.1. The average Bonchev–Trinajstić information content (AvgIpc) is 3.19. The Kier molecular flexibility index (Phi) is 5.72. The van der Waals surface area contributed by atoms with Crippen LogP contribution in [0, 0.1) is 13.8 Å². The standard InChI is InChI=1S/C16H15ClN4O2S2/c1-9-12(17)4-3-5-13(9)19-14(22)8-25-16-21-20-15(23-16)6-11-7-24-10(2)18-11/h3-5,7H,6,8H2,1-2H3,(H,19,22). The third-order valence-electron chi connectivity index (χ3n) is 3.32. The van der Waals surface area contributed by atoms with Gasteiger partial charge in [-0.25, -0.2) is 4.98 Å². The average molecular weight is 395 g/mol. The molecule has 9 heteroatoms. The molecule has 0 saturated carbocycles. The molecular weight excluding hydrogens is 380 g/mol. The number of carbonyl (C=O) groups is 1. The Hall–Kier alpha value is -1.90. The third kappa shape index (κ3) is 4.81. The Morgan fingerprint density at radius 2 is 2.20 bits per heavy atom. The van der Waals surface area contributed by atoms with Gasteiger partial charge in [0.25, 0.3) is 5.22 Å². The van der Waals surface area contributed by atoms with Gasteiger partial charge < -0.3 is 9.73 Å². The summed E-state index contributed by atoms with van der Waals surface area (Å²) in [6, 6.07) is 5.39. The topological polar surface area (TPSA) is 80.9 Å². The first kappa shape index (κ1) is 17.9. The number of hydrogen-bond acceptors (Lipinski definition) is 7. The Labute approximate surface area is 158 Å². The van der Waals surface area contributed by atoms with Crippen LogP contribution >= 0.6 is 34.7 Å². The number of nitrogens with zero attached hydrogens (tertiary/aromatic N) is 3. The summed E-state index contributed by atoms with van der Waals surface area (Å²) < 4.78 is 5.54. The molecule has 3 aromatic rings. The van der Waals surface area contributed by atoms with Crippen molar-refractivity contribution in [1.29, 1.82) is 0 Å². The number of aryl methyl sites for hydroxylation is 1. The molecule has 0 spiro atoms. The highest BCUT2D eigenvalue weighted by molar-refractivity contribution is 7.99. The highest BCUT2D eigenvalue weighted by Crippen LogP contribution is 2.24. The fourth-order valence-corrected chi connectivity index (χ4v) is 3.44. The second-order valence-electron chi connectivity index (χ2n) is 5.25. The maximum Gasteiger partial charge on any atom is 0.277 e. The quantitative estimate of drug-likeness (QED) is 0.633. The molecule has 2 aromatic heterocycles. The van der Waals surface area contributed by atoms with Gasteiger partial charge in [-0.1, -0.05) is 29.4 Å². The number of carbonyl (C=O) groups excluding carboxylic acids is 1. The molecule has 25 heavy (non-hydrogen) atoms.